The Morgan fingerprint density at radius 2 is 2.00 bits per heavy atom. The molecule has 1 aliphatic carbocycles. The molecule has 1 rings (SSSR count). The van der Waals surface area contributed by atoms with Gasteiger partial charge in [-0.25, -0.2) is 0 Å². The average molecular weight is 129 g/mol. The molecule has 0 aromatic rings. The SMILES string of the molecule is CO[C@@H]1CCCC[C@H]1N. The van der Waals surface area contributed by atoms with Crippen LogP contribution in [0.2, 0.25) is 0 Å². The number of rotatable bonds is 1. The smallest absolute Gasteiger partial charge is 0.0722 e. The molecule has 1 fully saturated rings. The summed E-state index contributed by atoms with van der Waals surface area (Å²) in [6.45, 7) is 0. The van der Waals surface area contributed by atoms with E-state index in [-0.39, 0.29) is 0 Å². The molecule has 2 heteroatoms. The number of ether oxygens (including phenoxy) is 1. The molecule has 0 heterocycles. The highest BCUT2D eigenvalue weighted by atomic mass is 16.5. The van der Waals surface area contributed by atoms with Crippen molar-refractivity contribution in [3.63, 3.8) is 0 Å². The molecule has 1 saturated carbocycles. The Kier molecular flexibility index (Phi) is 2.49. The van der Waals surface area contributed by atoms with E-state index in [0.29, 0.717) is 12.1 Å². The molecule has 0 saturated heterocycles. The average Bonchev–Trinajstić information content (AvgIpc) is 1.89. The van der Waals surface area contributed by atoms with Crippen LogP contribution in [0.5, 0.6) is 0 Å². The van der Waals surface area contributed by atoms with Gasteiger partial charge in [-0.1, -0.05) is 12.8 Å². The first-order valence-electron chi connectivity index (χ1n) is 3.63. The first-order valence-corrected chi connectivity index (χ1v) is 3.63. The molecule has 0 aromatic carbocycles. The van der Waals surface area contributed by atoms with E-state index in [4.69, 9.17) is 10.5 Å². The molecule has 54 valence electrons. The van der Waals surface area contributed by atoms with Crippen molar-refractivity contribution in [3.05, 3.63) is 0 Å². The van der Waals surface area contributed by atoms with Crippen molar-refractivity contribution < 1.29 is 4.74 Å². The van der Waals surface area contributed by atoms with E-state index in [1.807, 2.05) is 0 Å². The maximum Gasteiger partial charge on any atom is 0.0722 e. The standard InChI is InChI=1S/C7H15NO/c1-9-7-5-3-2-4-6(7)8/h6-7H,2-5,8H2,1H3/t6-,7-/m1/s1. The lowest BCUT2D eigenvalue weighted by Gasteiger charge is -2.26. The van der Waals surface area contributed by atoms with Gasteiger partial charge < -0.3 is 10.5 Å². The van der Waals surface area contributed by atoms with Crippen LogP contribution in [0.4, 0.5) is 0 Å². The van der Waals surface area contributed by atoms with Gasteiger partial charge in [-0.3, -0.25) is 0 Å². The lowest BCUT2D eigenvalue weighted by molar-refractivity contribution is 0.0545. The van der Waals surface area contributed by atoms with Crippen molar-refractivity contribution in [2.75, 3.05) is 7.11 Å². The van der Waals surface area contributed by atoms with Gasteiger partial charge in [-0.2, -0.15) is 0 Å². The summed E-state index contributed by atoms with van der Waals surface area (Å²) in [5.74, 6) is 0. The van der Waals surface area contributed by atoms with Crippen LogP contribution >= 0.6 is 0 Å². The zero-order valence-corrected chi connectivity index (χ0v) is 5.97. The second-order valence-electron chi connectivity index (χ2n) is 2.72. The first-order chi connectivity index (χ1) is 4.34. The molecule has 0 radical (unpaired) electrons. The van der Waals surface area contributed by atoms with Crippen LogP contribution in [0.3, 0.4) is 0 Å². The highest BCUT2D eigenvalue weighted by Gasteiger charge is 2.20. The lowest BCUT2D eigenvalue weighted by atomic mass is 9.93. The van der Waals surface area contributed by atoms with Crippen molar-refractivity contribution in [1.82, 2.24) is 0 Å². The molecule has 0 aliphatic heterocycles. The van der Waals surface area contributed by atoms with E-state index in [1.54, 1.807) is 7.11 Å². The van der Waals surface area contributed by atoms with Gasteiger partial charge in [-0.15, -0.1) is 0 Å². The Balaban J connectivity index is 2.30. The van der Waals surface area contributed by atoms with Gasteiger partial charge in [-0.05, 0) is 12.8 Å². The Morgan fingerprint density at radius 3 is 2.44 bits per heavy atom. The van der Waals surface area contributed by atoms with Crippen LogP contribution < -0.4 is 5.73 Å². The Hall–Kier alpha value is -0.0800. The van der Waals surface area contributed by atoms with Crippen LogP contribution in [0.1, 0.15) is 25.7 Å². The monoisotopic (exact) mass is 129 g/mol. The van der Waals surface area contributed by atoms with Crippen molar-refractivity contribution >= 4 is 0 Å². The van der Waals surface area contributed by atoms with Crippen LogP contribution in [-0.4, -0.2) is 19.3 Å². The minimum Gasteiger partial charge on any atom is -0.380 e. The molecule has 0 unspecified atom stereocenters. The molecule has 0 bridgehead atoms. The summed E-state index contributed by atoms with van der Waals surface area (Å²) in [4.78, 5) is 0. The topological polar surface area (TPSA) is 35.2 Å². The predicted octanol–water partition coefficient (Wildman–Crippen LogP) is 0.903. The third kappa shape index (κ3) is 1.66. The van der Waals surface area contributed by atoms with E-state index in [1.165, 1.54) is 12.8 Å². The maximum absolute atomic E-state index is 5.76. The minimum atomic E-state index is 0.295. The largest absolute Gasteiger partial charge is 0.380 e. The lowest BCUT2D eigenvalue weighted by Crippen LogP contribution is -2.38. The fourth-order valence-corrected chi connectivity index (χ4v) is 1.42. The first kappa shape index (κ1) is 7.03. The zero-order chi connectivity index (χ0) is 6.69. The third-order valence-electron chi connectivity index (χ3n) is 2.06. The molecule has 2 nitrogen and oxygen atoms in total. The third-order valence-corrected chi connectivity index (χ3v) is 2.06. The maximum atomic E-state index is 5.76. The van der Waals surface area contributed by atoms with Gasteiger partial charge in [0.2, 0.25) is 0 Å². The van der Waals surface area contributed by atoms with Crippen molar-refractivity contribution in [2.24, 2.45) is 5.73 Å². The van der Waals surface area contributed by atoms with Crippen molar-refractivity contribution in [2.45, 2.75) is 37.8 Å². The Labute approximate surface area is 56.4 Å². The van der Waals surface area contributed by atoms with Gasteiger partial charge in [0.1, 0.15) is 0 Å². The summed E-state index contributed by atoms with van der Waals surface area (Å²) in [6.07, 6.45) is 5.18. The van der Waals surface area contributed by atoms with E-state index in [9.17, 15) is 0 Å². The summed E-state index contributed by atoms with van der Waals surface area (Å²) >= 11 is 0. The van der Waals surface area contributed by atoms with E-state index in [2.05, 4.69) is 0 Å². The highest BCUT2D eigenvalue weighted by Crippen LogP contribution is 2.18. The molecular formula is C7H15NO. The van der Waals surface area contributed by atoms with Crippen molar-refractivity contribution in [3.8, 4) is 0 Å². The number of methoxy groups -OCH3 is 1. The Bertz CT molecular complexity index is 85.0. The zero-order valence-electron chi connectivity index (χ0n) is 5.97. The van der Waals surface area contributed by atoms with E-state index in [0.717, 1.165) is 12.8 Å². The van der Waals surface area contributed by atoms with Crippen LogP contribution in [0, 0.1) is 0 Å². The fourth-order valence-electron chi connectivity index (χ4n) is 1.42. The summed E-state index contributed by atoms with van der Waals surface area (Å²) < 4.78 is 5.18. The minimum absolute atomic E-state index is 0.295. The number of hydrogen-bond acceptors (Lipinski definition) is 2. The van der Waals surface area contributed by atoms with Crippen molar-refractivity contribution in [1.29, 1.82) is 0 Å². The number of hydrogen-bond donors (Lipinski definition) is 1. The Morgan fingerprint density at radius 1 is 1.33 bits per heavy atom. The highest BCUT2D eigenvalue weighted by molar-refractivity contribution is 4.77. The van der Waals surface area contributed by atoms with Crippen LogP contribution in [0.15, 0.2) is 0 Å². The summed E-state index contributed by atoms with van der Waals surface area (Å²) in [5, 5.41) is 0. The van der Waals surface area contributed by atoms with Gasteiger partial charge >= 0.3 is 0 Å². The second-order valence-corrected chi connectivity index (χ2v) is 2.72. The van der Waals surface area contributed by atoms with Crippen LogP contribution in [-0.2, 0) is 4.74 Å². The molecular weight excluding hydrogens is 114 g/mol. The fraction of sp³-hybridized carbons (Fsp3) is 1.00. The second kappa shape index (κ2) is 3.18. The molecule has 9 heavy (non-hydrogen) atoms. The van der Waals surface area contributed by atoms with E-state index < -0.39 is 0 Å². The molecule has 1 aliphatic rings. The summed E-state index contributed by atoms with van der Waals surface area (Å²) in [7, 11) is 1.75. The molecule has 0 spiro atoms. The van der Waals surface area contributed by atoms with Crippen LogP contribution in [0.25, 0.3) is 0 Å². The summed E-state index contributed by atoms with van der Waals surface area (Å²) in [5.41, 5.74) is 5.76. The molecule has 0 amide bonds. The molecule has 2 N–H and O–H groups in total. The molecule has 2 atom stereocenters. The van der Waals surface area contributed by atoms with Gasteiger partial charge in [0, 0.05) is 13.2 Å². The van der Waals surface area contributed by atoms with Gasteiger partial charge in [0.05, 0.1) is 6.10 Å². The quantitative estimate of drug-likeness (QED) is 0.571. The van der Waals surface area contributed by atoms with Gasteiger partial charge in [0.25, 0.3) is 0 Å². The summed E-state index contributed by atoms with van der Waals surface area (Å²) in [6, 6.07) is 0.295. The van der Waals surface area contributed by atoms with E-state index >= 15 is 0 Å². The number of nitrogens with two attached hydrogens (primary N) is 1. The predicted molar refractivity (Wildman–Crippen MR) is 37.2 cm³/mol. The normalized spacial score (nSPS) is 36.7. The van der Waals surface area contributed by atoms with Gasteiger partial charge in [0.15, 0.2) is 0 Å². The molecule has 0 aromatic heterocycles.